The molecule has 2 unspecified atom stereocenters. The molecule has 0 radical (unpaired) electrons. The van der Waals surface area contributed by atoms with Gasteiger partial charge >= 0.3 is 5.97 Å². The zero-order valence-electron chi connectivity index (χ0n) is 12.2. The van der Waals surface area contributed by atoms with Gasteiger partial charge in [-0.25, -0.2) is 4.79 Å². The van der Waals surface area contributed by atoms with Crippen molar-refractivity contribution >= 4 is 11.9 Å². The molecule has 1 aliphatic heterocycles. The molecule has 1 aliphatic rings. The van der Waals surface area contributed by atoms with E-state index in [1.807, 2.05) is 6.07 Å². The highest BCUT2D eigenvalue weighted by Crippen LogP contribution is 2.20. The third kappa shape index (κ3) is 4.04. The minimum Gasteiger partial charge on any atom is -0.479 e. The molecule has 3 atom stereocenters. The first-order valence-corrected chi connectivity index (χ1v) is 7.43. The van der Waals surface area contributed by atoms with E-state index in [2.05, 4.69) is 17.6 Å². The largest absolute Gasteiger partial charge is 0.479 e. The second-order valence-corrected chi connectivity index (χ2v) is 5.50. The Labute approximate surface area is 124 Å². The fourth-order valence-corrected chi connectivity index (χ4v) is 2.74. The number of carbonyl (C=O) groups excluding carboxylic acids is 1. The van der Waals surface area contributed by atoms with Crippen molar-refractivity contribution in [2.75, 3.05) is 6.54 Å². The van der Waals surface area contributed by atoms with Crippen LogP contribution in [0.15, 0.2) is 30.3 Å². The van der Waals surface area contributed by atoms with Crippen molar-refractivity contribution in [3.8, 4) is 0 Å². The van der Waals surface area contributed by atoms with Gasteiger partial charge in [-0.15, -0.1) is 0 Å². The molecule has 114 valence electrons. The first-order chi connectivity index (χ1) is 10.1. The molecule has 1 heterocycles. The van der Waals surface area contributed by atoms with E-state index in [0.29, 0.717) is 11.5 Å². The van der Waals surface area contributed by atoms with Crippen LogP contribution in [0.2, 0.25) is 0 Å². The Morgan fingerprint density at radius 2 is 2.10 bits per heavy atom. The molecule has 1 saturated heterocycles. The van der Waals surface area contributed by atoms with E-state index in [1.54, 1.807) is 24.3 Å². The number of benzene rings is 1. The van der Waals surface area contributed by atoms with Gasteiger partial charge < -0.3 is 15.7 Å². The van der Waals surface area contributed by atoms with Crippen molar-refractivity contribution in [2.45, 2.75) is 38.3 Å². The Hall–Kier alpha value is -1.88. The van der Waals surface area contributed by atoms with Crippen LogP contribution in [0.5, 0.6) is 0 Å². The third-order valence-corrected chi connectivity index (χ3v) is 4.07. The second kappa shape index (κ2) is 7.22. The van der Waals surface area contributed by atoms with Crippen LogP contribution in [0.4, 0.5) is 0 Å². The number of rotatable bonds is 5. The summed E-state index contributed by atoms with van der Waals surface area (Å²) < 4.78 is 0. The van der Waals surface area contributed by atoms with Gasteiger partial charge in [-0.2, -0.15) is 0 Å². The molecule has 1 aromatic carbocycles. The van der Waals surface area contributed by atoms with Crippen LogP contribution in [0, 0.1) is 5.92 Å². The van der Waals surface area contributed by atoms with E-state index >= 15 is 0 Å². The number of carbonyl (C=O) groups is 2. The maximum Gasteiger partial charge on any atom is 0.330 e. The molecular formula is C16H22N2O3. The average molecular weight is 290 g/mol. The summed E-state index contributed by atoms with van der Waals surface area (Å²) >= 11 is 0. The molecule has 3 N–H and O–H groups in total. The Kier molecular flexibility index (Phi) is 5.33. The molecule has 0 spiro atoms. The lowest BCUT2D eigenvalue weighted by molar-refractivity contribution is -0.142. The van der Waals surface area contributed by atoms with Gasteiger partial charge in [0.15, 0.2) is 6.04 Å². The van der Waals surface area contributed by atoms with E-state index in [0.717, 1.165) is 25.8 Å². The number of amides is 1. The highest BCUT2D eigenvalue weighted by Gasteiger charge is 2.29. The summed E-state index contributed by atoms with van der Waals surface area (Å²) in [7, 11) is 0. The van der Waals surface area contributed by atoms with Gasteiger partial charge in [0.25, 0.3) is 0 Å². The number of piperidine rings is 1. The highest BCUT2D eigenvalue weighted by molar-refractivity contribution is 5.87. The fourth-order valence-electron chi connectivity index (χ4n) is 2.74. The number of carboxylic acid groups (broad SMARTS) is 1. The molecule has 1 amide bonds. The van der Waals surface area contributed by atoms with Crippen molar-refractivity contribution in [1.82, 2.24) is 10.6 Å². The smallest absolute Gasteiger partial charge is 0.330 e. The summed E-state index contributed by atoms with van der Waals surface area (Å²) in [6, 6.07) is 7.48. The molecular weight excluding hydrogens is 268 g/mol. The first kappa shape index (κ1) is 15.5. The maximum atomic E-state index is 12.3. The lowest BCUT2D eigenvalue weighted by Gasteiger charge is -2.29. The lowest BCUT2D eigenvalue weighted by Crippen LogP contribution is -2.50. The van der Waals surface area contributed by atoms with E-state index in [1.165, 1.54) is 0 Å². The van der Waals surface area contributed by atoms with E-state index in [4.69, 9.17) is 0 Å². The number of carboxylic acids is 1. The minimum atomic E-state index is -1.04. The zero-order chi connectivity index (χ0) is 15.2. The van der Waals surface area contributed by atoms with E-state index in [9.17, 15) is 14.7 Å². The van der Waals surface area contributed by atoms with Crippen molar-refractivity contribution in [2.24, 2.45) is 5.92 Å². The van der Waals surface area contributed by atoms with Crippen molar-refractivity contribution in [1.29, 1.82) is 0 Å². The molecule has 0 aromatic heterocycles. The molecule has 5 nitrogen and oxygen atoms in total. The predicted molar refractivity (Wildman–Crippen MR) is 79.8 cm³/mol. The number of aliphatic carboxylic acids is 1. The molecule has 21 heavy (non-hydrogen) atoms. The summed E-state index contributed by atoms with van der Waals surface area (Å²) in [5.74, 6) is -0.746. The standard InChI is InChI=1S/C16H22N2O3/c1-2-11-8-9-17-13(10-11)15(19)18-14(16(20)21)12-6-4-3-5-7-12/h3-7,11,13-14,17H,2,8-10H2,1H3,(H,18,19)(H,20,21)/t11?,13?,14-/m0/s1. The van der Waals surface area contributed by atoms with Crippen LogP contribution in [0.3, 0.4) is 0 Å². The van der Waals surface area contributed by atoms with Crippen LogP contribution in [0.25, 0.3) is 0 Å². The molecule has 1 aromatic rings. The molecule has 1 fully saturated rings. The van der Waals surface area contributed by atoms with Crippen molar-refractivity contribution < 1.29 is 14.7 Å². The van der Waals surface area contributed by atoms with Crippen LogP contribution in [0.1, 0.15) is 37.8 Å². The maximum absolute atomic E-state index is 12.3. The number of hydrogen-bond donors (Lipinski definition) is 3. The van der Waals surface area contributed by atoms with Crippen molar-refractivity contribution in [3.05, 3.63) is 35.9 Å². The first-order valence-electron chi connectivity index (χ1n) is 7.43. The third-order valence-electron chi connectivity index (χ3n) is 4.07. The number of nitrogens with one attached hydrogen (secondary N) is 2. The van der Waals surface area contributed by atoms with Crippen LogP contribution in [-0.4, -0.2) is 29.6 Å². The molecule has 0 bridgehead atoms. The quantitative estimate of drug-likeness (QED) is 0.771. The summed E-state index contributed by atoms with van der Waals surface area (Å²) in [6.45, 7) is 2.93. The van der Waals surface area contributed by atoms with E-state index < -0.39 is 12.0 Å². The van der Waals surface area contributed by atoms with Gasteiger partial charge in [0.05, 0.1) is 6.04 Å². The Bertz CT molecular complexity index is 490. The normalized spacial score (nSPS) is 23.3. The summed E-state index contributed by atoms with van der Waals surface area (Å²) in [5.41, 5.74) is 0.584. The van der Waals surface area contributed by atoms with Gasteiger partial charge in [-0.1, -0.05) is 43.7 Å². The van der Waals surface area contributed by atoms with Crippen LogP contribution >= 0.6 is 0 Å². The van der Waals surface area contributed by atoms with Gasteiger partial charge in [0.1, 0.15) is 0 Å². The van der Waals surface area contributed by atoms with Crippen molar-refractivity contribution in [3.63, 3.8) is 0 Å². The van der Waals surface area contributed by atoms with Crippen LogP contribution < -0.4 is 10.6 Å². The Balaban J connectivity index is 2.03. The zero-order valence-corrected chi connectivity index (χ0v) is 12.2. The summed E-state index contributed by atoms with van der Waals surface area (Å²) in [5, 5.41) is 15.2. The van der Waals surface area contributed by atoms with E-state index in [-0.39, 0.29) is 11.9 Å². The number of hydrogen-bond acceptors (Lipinski definition) is 3. The average Bonchev–Trinajstić information content (AvgIpc) is 2.53. The summed E-state index contributed by atoms with van der Waals surface area (Å²) in [4.78, 5) is 23.7. The topological polar surface area (TPSA) is 78.4 Å². The monoisotopic (exact) mass is 290 g/mol. The second-order valence-electron chi connectivity index (χ2n) is 5.50. The Morgan fingerprint density at radius 3 is 2.71 bits per heavy atom. The fraction of sp³-hybridized carbons (Fsp3) is 0.500. The molecule has 0 aliphatic carbocycles. The van der Waals surface area contributed by atoms with Gasteiger partial charge in [-0.05, 0) is 30.9 Å². The minimum absolute atomic E-state index is 0.232. The molecule has 5 heteroatoms. The van der Waals surface area contributed by atoms with Gasteiger partial charge in [0, 0.05) is 0 Å². The summed E-state index contributed by atoms with van der Waals surface area (Å²) in [6.07, 6.45) is 2.89. The predicted octanol–water partition coefficient (Wildman–Crippen LogP) is 1.71. The van der Waals surface area contributed by atoms with Gasteiger partial charge in [0.2, 0.25) is 5.91 Å². The lowest BCUT2D eigenvalue weighted by atomic mass is 9.90. The molecule has 0 saturated carbocycles. The highest BCUT2D eigenvalue weighted by atomic mass is 16.4. The Morgan fingerprint density at radius 1 is 1.38 bits per heavy atom. The van der Waals surface area contributed by atoms with Gasteiger partial charge in [-0.3, -0.25) is 4.79 Å². The SMILES string of the molecule is CCC1CCNC(C(=O)N[C@H](C(=O)O)c2ccccc2)C1. The van der Waals surface area contributed by atoms with Crippen LogP contribution in [-0.2, 0) is 9.59 Å². The molecule has 2 rings (SSSR count).